The van der Waals surface area contributed by atoms with Crippen molar-refractivity contribution < 1.29 is 9.21 Å². The Labute approximate surface area is 182 Å². The van der Waals surface area contributed by atoms with Crippen LogP contribution in [0.2, 0.25) is 0 Å². The molecule has 1 aliphatic rings. The highest BCUT2D eigenvalue weighted by Gasteiger charge is 2.17. The molecule has 1 fully saturated rings. The van der Waals surface area contributed by atoms with Crippen LogP contribution in [0, 0.1) is 5.92 Å². The Morgan fingerprint density at radius 2 is 1.93 bits per heavy atom. The molecule has 6 heteroatoms. The Morgan fingerprint density at radius 3 is 2.60 bits per heavy atom. The third kappa shape index (κ3) is 5.74. The summed E-state index contributed by atoms with van der Waals surface area (Å²) in [6, 6.07) is 16.2. The van der Waals surface area contributed by atoms with Gasteiger partial charge in [-0.15, -0.1) is 11.3 Å². The van der Waals surface area contributed by atoms with Gasteiger partial charge in [0.05, 0.1) is 19.4 Å². The van der Waals surface area contributed by atoms with Crippen LogP contribution in [0.4, 0.5) is 11.4 Å². The van der Waals surface area contributed by atoms with E-state index in [1.165, 1.54) is 23.4 Å². The van der Waals surface area contributed by atoms with Crippen molar-refractivity contribution in [2.45, 2.75) is 32.9 Å². The van der Waals surface area contributed by atoms with Crippen molar-refractivity contribution in [1.82, 2.24) is 4.90 Å². The Hall–Kier alpha value is -2.57. The monoisotopic (exact) mass is 423 g/mol. The largest absolute Gasteiger partial charge is 0.468 e. The van der Waals surface area contributed by atoms with E-state index in [0.717, 1.165) is 37.0 Å². The Kier molecular flexibility index (Phi) is 6.87. The van der Waals surface area contributed by atoms with Crippen molar-refractivity contribution in [2.24, 2.45) is 5.92 Å². The minimum absolute atomic E-state index is 0.0161. The predicted octanol–water partition coefficient (Wildman–Crippen LogP) is 5.22. The number of thiophene rings is 1. The highest BCUT2D eigenvalue weighted by Crippen LogP contribution is 2.24. The van der Waals surface area contributed by atoms with Gasteiger partial charge < -0.3 is 14.6 Å². The summed E-state index contributed by atoms with van der Waals surface area (Å²) in [6.07, 6.45) is 4.16. The van der Waals surface area contributed by atoms with Gasteiger partial charge in [-0.25, -0.2) is 0 Å². The molecule has 0 bridgehead atoms. The average Bonchev–Trinajstić information content (AvgIpc) is 3.43. The van der Waals surface area contributed by atoms with Gasteiger partial charge in [0.1, 0.15) is 5.76 Å². The Morgan fingerprint density at radius 1 is 1.13 bits per heavy atom. The van der Waals surface area contributed by atoms with Gasteiger partial charge in [-0.1, -0.05) is 13.0 Å². The number of benzene rings is 1. The summed E-state index contributed by atoms with van der Waals surface area (Å²) in [7, 11) is 0. The van der Waals surface area contributed by atoms with Crippen molar-refractivity contribution in [1.29, 1.82) is 0 Å². The summed E-state index contributed by atoms with van der Waals surface area (Å²) < 4.78 is 5.49. The SMILES string of the molecule is CC1CCN(c2ccc(NC(=O)CN(Cc3ccco3)Cc3cccs3)cc2)CC1. The molecule has 158 valence electrons. The van der Waals surface area contributed by atoms with E-state index in [0.29, 0.717) is 13.1 Å². The molecule has 4 rings (SSSR count). The molecule has 1 amide bonds. The molecule has 30 heavy (non-hydrogen) atoms. The van der Waals surface area contributed by atoms with Gasteiger partial charge in [-0.3, -0.25) is 9.69 Å². The van der Waals surface area contributed by atoms with Crippen LogP contribution < -0.4 is 10.2 Å². The number of nitrogens with one attached hydrogen (secondary N) is 1. The zero-order valence-electron chi connectivity index (χ0n) is 17.4. The van der Waals surface area contributed by atoms with Crippen molar-refractivity contribution in [3.05, 3.63) is 70.8 Å². The van der Waals surface area contributed by atoms with Crippen LogP contribution in [0.5, 0.6) is 0 Å². The number of hydrogen-bond donors (Lipinski definition) is 1. The molecule has 0 radical (unpaired) electrons. The van der Waals surface area contributed by atoms with E-state index < -0.39 is 0 Å². The first-order valence-electron chi connectivity index (χ1n) is 10.6. The number of amides is 1. The molecule has 2 aromatic heterocycles. The van der Waals surface area contributed by atoms with Gasteiger partial charge in [-0.05, 0) is 66.6 Å². The van der Waals surface area contributed by atoms with Crippen LogP contribution >= 0.6 is 11.3 Å². The van der Waals surface area contributed by atoms with E-state index in [1.54, 1.807) is 17.6 Å². The second-order valence-corrected chi connectivity index (χ2v) is 9.10. The van der Waals surface area contributed by atoms with E-state index in [4.69, 9.17) is 4.42 Å². The van der Waals surface area contributed by atoms with Crippen molar-refractivity contribution in [3.63, 3.8) is 0 Å². The molecule has 3 heterocycles. The summed E-state index contributed by atoms with van der Waals surface area (Å²) in [4.78, 5) is 18.5. The van der Waals surface area contributed by atoms with Crippen LogP contribution in [-0.4, -0.2) is 30.4 Å². The van der Waals surface area contributed by atoms with Crippen molar-refractivity contribution in [3.8, 4) is 0 Å². The molecule has 5 nitrogen and oxygen atoms in total. The lowest BCUT2D eigenvalue weighted by atomic mass is 9.99. The average molecular weight is 424 g/mol. The van der Waals surface area contributed by atoms with Gasteiger partial charge in [0.15, 0.2) is 0 Å². The molecule has 0 atom stereocenters. The number of carbonyl (C=O) groups excluding carboxylic acids is 1. The number of hydrogen-bond acceptors (Lipinski definition) is 5. The van der Waals surface area contributed by atoms with Gasteiger partial charge in [-0.2, -0.15) is 0 Å². The van der Waals surface area contributed by atoms with Gasteiger partial charge >= 0.3 is 0 Å². The van der Waals surface area contributed by atoms with E-state index >= 15 is 0 Å². The van der Waals surface area contributed by atoms with Gasteiger partial charge in [0.2, 0.25) is 5.91 Å². The normalized spacial score (nSPS) is 14.9. The van der Waals surface area contributed by atoms with Crippen molar-refractivity contribution >= 4 is 28.6 Å². The fraction of sp³-hybridized carbons (Fsp3) is 0.375. The number of furan rings is 1. The number of anilines is 2. The zero-order chi connectivity index (χ0) is 20.8. The van der Waals surface area contributed by atoms with Crippen LogP contribution in [0.15, 0.2) is 64.6 Å². The molecule has 0 saturated carbocycles. The smallest absolute Gasteiger partial charge is 0.238 e. The second kappa shape index (κ2) is 9.96. The number of rotatable bonds is 8. The maximum absolute atomic E-state index is 12.7. The third-order valence-corrected chi connectivity index (χ3v) is 6.45. The quantitative estimate of drug-likeness (QED) is 0.540. The molecule has 0 aliphatic carbocycles. The Bertz CT molecular complexity index is 862. The molecule has 1 N–H and O–H groups in total. The molecule has 0 unspecified atom stereocenters. The lowest BCUT2D eigenvalue weighted by Gasteiger charge is -2.32. The first-order chi connectivity index (χ1) is 14.7. The number of piperidine rings is 1. The number of carbonyl (C=O) groups is 1. The van der Waals surface area contributed by atoms with Gasteiger partial charge in [0, 0.05) is 35.9 Å². The van der Waals surface area contributed by atoms with E-state index in [-0.39, 0.29) is 5.91 Å². The summed E-state index contributed by atoms with van der Waals surface area (Å²) in [6.45, 7) is 6.17. The molecule has 3 aromatic rings. The third-order valence-electron chi connectivity index (χ3n) is 5.59. The predicted molar refractivity (Wildman–Crippen MR) is 123 cm³/mol. The Balaban J connectivity index is 1.34. The standard InChI is InChI=1S/C24H29N3O2S/c1-19-10-12-27(13-11-19)21-8-6-20(7-9-21)25-24(28)18-26(16-22-4-2-14-29-22)17-23-5-3-15-30-23/h2-9,14-15,19H,10-13,16-18H2,1H3,(H,25,28). The zero-order valence-corrected chi connectivity index (χ0v) is 18.2. The van der Waals surface area contributed by atoms with Crippen LogP contribution in [0.1, 0.15) is 30.4 Å². The lowest BCUT2D eigenvalue weighted by Crippen LogP contribution is -2.33. The molecule has 0 spiro atoms. The summed E-state index contributed by atoms with van der Waals surface area (Å²) in [5, 5.41) is 5.10. The summed E-state index contributed by atoms with van der Waals surface area (Å²) in [5.41, 5.74) is 2.07. The maximum Gasteiger partial charge on any atom is 0.238 e. The molecule has 1 aromatic carbocycles. The first kappa shape index (κ1) is 20.7. The van der Waals surface area contributed by atoms with E-state index in [9.17, 15) is 4.79 Å². The van der Waals surface area contributed by atoms with E-state index in [1.807, 2.05) is 30.3 Å². The van der Waals surface area contributed by atoms with Crippen LogP contribution in [-0.2, 0) is 17.9 Å². The highest BCUT2D eigenvalue weighted by atomic mass is 32.1. The van der Waals surface area contributed by atoms with Crippen molar-refractivity contribution in [2.75, 3.05) is 29.9 Å². The molecular weight excluding hydrogens is 394 g/mol. The molecule has 1 saturated heterocycles. The van der Waals surface area contributed by atoms with E-state index in [2.05, 4.69) is 45.6 Å². The summed E-state index contributed by atoms with van der Waals surface area (Å²) in [5.74, 6) is 1.66. The fourth-order valence-corrected chi connectivity index (χ4v) is 4.59. The molecular formula is C24H29N3O2S. The lowest BCUT2D eigenvalue weighted by molar-refractivity contribution is -0.117. The summed E-state index contributed by atoms with van der Waals surface area (Å²) >= 11 is 1.70. The number of nitrogens with zero attached hydrogens (tertiary/aromatic N) is 2. The molecule has 1 aliphatic heterocycles. The minimum atomic E-state index is -0.0161. The first-order valence-corrected chi connectivity index (χ1v) is 11.5. The fourth-order valence-electron chi connectivity index (χ4n) is 3.84. The van der Waals surface area contributed by atoms with Crippen LogP contribution in [0.25, 0.3) is 0 Å². The van der Waals surface area contributed by atoms with Crippen LogP contribution in [0.3, 0.4) is 0 Å². The second-order valence-electron chi connectivity index (χ2n) is 8.07. The minimum Gasteiger partial charge on any atom is -0.468 e. The van der Waals surface area contributed by atoms with Gasteiger partial charge in [0.25, 0.3) is 0 Å². The highest BCUT2D eigenvalue weighted by molar-refractivity contribution is 7.09. The topological polar surface area (TPSA) is 48.7 Å². The maximum atomic E-state index is 12.7.